The second-order valence-electron chi connectivity index (χ2n) is 4.51. The summed E-state index contributed by atoms with van der Waals surface area (Å²) in [5.41, 5.74) is 8.09. The van der Waals surface area contributed by atoms with Crippen molar-refractivity contribution in [3.8, 4) is 5.75 Å². The van der Waals surface area contributed by atoms with E-state index < -0.39 is 0 Å². The van der Waals surface area contributed by atoms with Crippen LogP contribution in [0.1, 0.15) is 18.9 Å². The molecule has 1 aliphatic rings. The number of nitrogens with two attached hydrogens (primary N) is 1. The molecule has 2 N–H and O–H groups in total. The molecule has 3 nitrogen and oxygen atoms in total. The summed E-state index contributed by atoms with van der Waals surface area (Å²) in [5.74, 6) is 0.985. The molecule has 1 aromatic carbocycles. The van der Waals surface area contributed by atoms with Crippen LogP contribution in [0.15, 0.2) is 18.2 Å². The monoisotopic (exact) mass is 220 g/mol. The number of ether oxygens (including phenoxy) is 1. The summed E-state index contributed by atoms with van der Waals surface area (Å²) in [4.78, 5) is 2.30. The lowest BCUT2D eigenvalue weighted by Crippen LogP contribution is -2.47. The number of aryl methyl sites for hydroxylation is 1. The summed E-state index contributed by atoms with van der Waals surface area (Å²) in [5, 5.41) is 0. The molecule has 0 fully saturated rings. The lowest BCUT2D eigenvalue weighted by Gasteiger charge is -2.40. The molecular weight excluding hydrogens is 200 g/mol. The number of hydrogen-bond acceptors (Lipinski definition) is 3. The molecule has 2 rings (SSSR count). The van der Waals surface area contributed by atoms with Crippen molar-refractivity contribution in [2.45, 2.75) is 32.4 Å². The van der Waals surface area contributed by atoms with Crippen molar-refractivity contribution in [1.82, 2.24) is 0 Å². The van der Waals surface area contributed by atoms with E-state index in [4.69, 9.17) is 10.5 Å². The number of rotatable bonds is 2. The molecule has 0 aromatic heterocycles. The molecule has 0 radical (unpaired) electrons. The zero-order valence-corrected chi connectivity index (χ0v) is 10.2. The van der Waals surface area contributed by atoms with E-state index in [1.165, 1.54) is 11.3 Å². The highest BCUT2D eigenvalue weighted by Crippen LogP contribution is 2.38. The zero-order chi connectivity index (χ0) is 11.7. The maximum absolute atomic E-state index is 6.01. The average molecular weight is 220 g/mol. The number of hydrogen-bond donors (Lipinski definition) is 1. The number of anilines is 1. The normalized spacial score (nSPS) is 23.9. The van der Waals surface area contributed by atoms with E-state index in [1.54, 1.807) is 0 Å². The fourth-order valence-corrected chi connectivity index (χ4v) is 2.36. The molecule has 1 aromatic rings. The van der Waals surface area contributed by atoms with Crippen molar-refractivity contribution in [2.24, 2.45) is 5.73 Å². The Morgan fingerprint density at radius 3 is 2.88 bits per heavy atom. The van der Waals surface area contributed by atoms with E-state index in [0.29, 0.717) is 12.6 Å². The minimum absolute atomic E-state index is 0.198. The van der Waals surface area contributed by atoms with E-state index in [1.807, 2.05) is 12.1 Å². The minimum Gasteiger partial charge on any atom is -0.486 e. The van der Waals surface area contributed by atoms with Gasteiger partial charge in [0.2, 0.25) is 0 Å². The molecule has 0 saturated heterocycles. The fourth-order valence-electron chi connectivity index (χ4n) is 2.36. The van der Waals surface area contributed by atoms with E-state index in [-0.39, 0.29) is 6.10 Å². The number of nitrogens with zero attached hydrogens (tertiary/aromatic N) is 1. The number of benzene rings is 1. The Morgan fingerprint density at radius 2 is 2.19 bits per heavy atom. The van der Waals surface area contributed by atoms with Gasteiger partial charge in [-0.3, -0.25) is 0 Å². The van der Waals surface area contributed by atoms with Crippen molar-refractivity contribution in [3.05, 3.63) is 23.8 Å². The van der Waals surface area contributed by atoms with Gasteiger partial charge in [0.25, 0.3) is 0 Å². The van der Waals surface area contributed by atoms with Gasteiger partial charge in [-0.15, -0.1) is 0 Å². The van der Waals surface area contributed by atoms with Crippen LogP contribution < -0.4 is 15.4 Å². The quantitative estimate of drug-likeness (QED) is 0.827. The van der Waals surface area contributed by atoms with E-state index in [0.717, 1.165) is 12.2 Å². The summed E-state index contributed by atoms with van der Waals surface area (Å²) in [7, 11) is 2.13. The van der Waals surface area contributed by atoms with Crippen molar-refractivity contribution in [2.75, 3.05) is 18.5 Å². The summed E-state index contributed by atoms with van der Waals surface area (Å²) in [6.45, 7) is 4.98. The van der Waals surface area contributed by atoms with Gasteiger partial charge in [0.1, 0.15) is 11.9 Å². The lowest BCUT2D eigenvalue weighted by atomic mass is 10.0. The molecule has 0 amide bonds. The third-order valence-electron chi connectivity index (χ3n) is 3.43. The van der Waals surface area contributed by atoms with Gasteiger partial charge < -0.3 is 15.4 Å². The molecule has 0 bridgehead atoms. The molecule has 2 unspecified atom stereocenters. The first kappa shape index (κ1) is 11.3. The molecule has 88 valence electrons. The third-order valence-corrected chi connectivity index (χ3v) is 3.43. The van der Waals surface area contributed by atoms with Gasteiger partial charge in [-0.25, -0.2) is 0 Å². The van der Waals surface area contributed by atoms with Gasteiger partial charge in [0.05, 0.1) is 11.7 Å². The van der Waals surface area contributed by atoms with E-state index in [9.17, 15) is 0 Å². The van der Waals surface area contributed by atoms with Crippen LogP contribution in [-0.2, 0) is 0 Å². The third kappa shape index (κ3) is 1.76. The second-order valence-corrected chi connectivity index (χ2v) is 4.51. The highest BCUT2D eigenvalue weighted by molar-refractivity contribution is 5.65. The molecular formula is C13H20N2O. The highest BCUT2D eigenvalue weighted by atomic mass is 16.5. The number of para-hydroxylation sites is 1. The summed E-state index contributed by atoms with van der Waals surface area (Å²) >= 11 is 0. The van der Waals surface area contributed by atoms with Gasteiger partial charge in [-0.05, 0) is 38.4 Å². The molecule has 2 atom stereocenters. The lowest BCUT2D eigenvalue weighted by molar-refractivity contribution is 0.154. The molecule has 1 heterocycles. The fraction of sp³-hybridized carbons (Fsp3) is 0.538. The van der Waals surface area contributed by atoms with Crippen LogP contribution in [0.3, 0.4) is 0 Å². The average Bonchev–Trinajstić information content (AvgIpc) is 2.25. The first-order chi connectivity index (χ1) is 7.65. The van der Waals surface area contributed by atoms with Crippen LogP contribution in [0.5, 0.6) is 5.75 Å². The summed E-state index contributed by atoms with van der Waals surface area (Å²) in [6.07, 6.45) is 1.10. The Labute approximate surface area is 97.2 Å². The van der Waals surface area contributed by atoms with E-state index >= 15 is 0 Å². The van der Waals surface area contributed by atoms with Crippen LogP contribution in [-0.4, -0.2) is 25.7 Å². The Hall–Kier alpha value is -1.22. The van der Waals surface area contributed by atoms with Crippen LogP contribution in [0.2, 0.25) is 0 Å². The van der Waals surface area contributed by atoms with Gasteiger partial charge in [-0.1, -0.05) is 12.1 Å². The standard InChI is InChI=1S/C13H20N2O/c1-9-5-4-6-12-13(9)15(3)10(2)11(16-12)7-8-14/h4-6,10-11H,7-8,14H2,1-3H3. The number of likely N-dealkylation sites (N-methyl/N-ethyl adjacent to an activating group) is 1. The van der Waals surface area contributed by atoms with Gasteiger partial charge in [0, 0.05) is 7.05 Å². The highest BCUT2D eigenvalue weighted by Gasteiger charge is 2.30. The molecule has 16 heavy (non-hydrogen) atoms. The van der Waals surface area contributed by atoms with Crippen LogP contribution in [0.25, 0.3) is 0 Å². The Morgan fingerprint density at radius 1 is 1.44 bits per heavy atom. The first-order valence-electron chi connectivity index (χ1n) is 5.84. The van der Waals surface area contributed by atoms with Crippen molar-refractivity contribution < 1.29 is 4.74 Å². The topological polar surface area (TPSA) is 38.5 Å². The maximum Gasteiger partial charge on any atom is 0.143 e. The zero-order valence-electron chi connectivity index (χ0n) is 10.2. The SMILES string of the molecule is Cc1cccc2c1N(C)C(C)C(CCN)O2. The first-order valence-corrected chi connectivity index (χ1v) is 5.84. The Bertz CT molecular complexity index is 378. The molecule has 0 spiro atoms. The van der Waals surface area contributed by atoms with Crippen molar-refractivity contribution >= 4 is 5.69 Å². The minimum atomic E-state index is 0.198. The second kappa shape index (κ2) is 4.34. The van der Waals surface area contributed by atoms with Gasteiger partial charge >= 0.3 is 0 Å². The van der Waals surface area contributed by atoms with E-state index in [2.05, 4.69) is 31.9 Å². The Kier molecular flexibility index (Phi) is 3.06. The smallest absolute Gasteiger partial charge is 0.143 e. The molecule has 0 saturated carbocycles. The Balaban J connectivity index is 2.36. The van der Waals surface area contributed by atoms with Crippen LogP contribution in [0, 0.1) is 6.92 Å². The molecule has 3 heteroatoms. The van der Waals surface area contributed by atoms with Gasteiger partial charge in [-0.2, -0.15) is 0 Å². The van der Waals surface area contributed by atoms with Crippen LogP contribution >= 0.6 is 0 Å². The maximum atomic E-state index is 6.01. The summed E-state index contributed by atoms with van der Waals surface area (Å²) in [6, 6.07) is 6.57. The molecule has 0 aliphatic carbocycles. The van der Waals surface area contributed by atoms with Gasteiger partial charge in [0.15, 0.2) is 0 Å². The predicted molar refractivity (Wildman–Crippen MR) is 67.1 cm³/mol. The van der Waals surface area contributed by atoms with Crippen LogP contribution in [0.4, 0.5) is 5.69 Å². The number of fused-ring (bicyclic) bond motifs is 1. The van der Waals surface area contributed by atoms with Crippen molar-refractivity contribution in [1.29, 1.82) is 0 Å². The summed E-state index contributed by atoms with van der Waals surface area (Å²) < 4.78 is 6.01. The van der Waals surface area contributed by atoms with Crippen molar-refractivity contribution in [3.63, 3.8) is 0 Å². The largest absolute Gasteiger partial charge is 0.486 e. The molecule has 1 aliphatic heterocycles. The predicted octanol–water partition coefficient (Wildman–Crippen LogP) is 1.93.